The van der Waals surface area contributed by atoms with Gasteiger partial charge in [-0.2, -0.15) is 0 Å². The van der Waals surface area contributed by atoms with E-state index < -0.39 is 11.2 Å². The summed E-state index contributed by atoms with van der Waals surface area (Å²) in [5.74, 6) is -0.193. The van der Waals surface area contributed by atoms with Crippen LogP contribution in [0.5, 0.6) is 5.75 Å². The Labute approximate surface area is 136 Å². The molecular formula is C15H22ClFN2O3. The summed E-state index contributed by atoms with van der Waals surface area (Å²) in [6.45, 7) is 1.82. The number of carbonyl (C=O) groups is 1. The molecule has 7 heteroatoms. The second-order valence-electron chi connectivity index (χ2n) is 5.26. The van der Waals surface area contributed by atoms with Crippen molar-refractivity contribution in [1.82, 2.24) is 5.32 Å². The Hall–Kier alpha value is -1.37. The highest BCUT2D eigenvalue weighted by atomic mass is 35.5. The number of hydrogen-bond donors (Lipinski definition) is 2. The van der Waals surface area contributed by atoms with Crippen molar-refractivity contribution in [2.24, 2.45) is 5.41 Å². The van der Waals surface area contributed by atoms with Gasteiger partial charge in [0.1, 0.15) is 11.6 Å². The molecule has 1 saturated heterocycles. The number of amides is 1. The second-order valence-corrected chi connectivity index (χ2v) is 5.26. The van der Waals surface area contributed by atoms with Gasteiger partial charge in [0.05, 0.1) is 24.8 Å². The minimum absolute atomic E-state index is 0. The van der Waals surface area contributed by atoms with Gasteiger partial charge in [-0.3, -0.25) is 4.79 Å². The monoisotopic (exact) mass is 332 g/mol. The Morgan fingerprint density at radius 3 is 2.64 bits per heavy atom. The van der Waals surface area contributed by atoms with Crippen LogP contribution in [0.25, 0.3) is 0 Å². The van der Waals surface area contributed by atoms with Crippen molar-refractivity contribution in [2.75, 3.05) is 39.2 Å². The maximum absolute atomic E-state index is 13.8. The zero-order valence-electron chi connectivity index (χ0n) is 12.8. The van der Waals surface area contributed by atoms with Gasteiger partial charge in [0, 0.05) is 13.2 Å². The molecule has 1 fully saturated rings. The Bertz CT molecular complexity index is 502. The van der Waals surface area contributed by atoms with Crippen molar-refractivity contribution in [2.45, 2.75) is 12.8 Å². The van der Waals surface area contributed by atoms with Crippen LogP contribution >= 0.6 is 12.4 Å². The standard InChI is InChI=1S/C15H21FN2O3.ClH/c1-20-10-15(5-7-17-8-6-15)14(19)18-13-9-11(21-2)3-4-12(13)16;/h3-4,9,17H,5-8,10H2,1-2H3,(H,18,19);1H. The van der Waals surface area contributed by atoms with Crippen LogP contribution in [0, 0.1) is 11.2 Å². The third kappa shape index (κ3) is 4.09. The van der Waals surface area contributed by atoms with E-state index in [0.29, 0.717) is 25.2 Å². The van der Waals surface area contributed by atoms with E-state index in [1.54, 1.807) is 7.11 Å². The number of ether oxygens (including phenoxy) is 2. The van der Waals surface area contributed by atoms with Crippen LogP contribution in [0.2, 0.25) is 0 Å². The van der Waals surface area contributed by atoms with Crippen LogP contribution in [0.15, 0.2) is 18.2 Å². The van der Waals surface area contributed by atoms with E-state index in [0.717, 1.165) is 13.1 Å². The van der Waals surface area contributed by atoms with Gasteiger partial charge >= 0.3 is 0 Å². The number of methoxy groups -OCH3 is 2. The van der Waals surface area contributed by atoms with Gasteiger partial charge in [-0.05, 0) is 38.1 Å². The predicted octanol–water partition coefficient (Wildman–Crippen LogP) is 2.21. The highest BCUT2D eigenvalue weighted by Gasteiger charge is 2.39. The first-order valence-corrected chi connectivity index (χ1v) is 6.96. The first-order valence-electron chi connectivity index (χ1n) is 6.96. The van der Waals surface area contributed by atoms with E-state index >= 15 is 0 Å². The van der Waals surface area contributed by atoms with Crippen molar-refractivity contribution >= 4 is 24.0 Å². The molecular weight excluding hydrogens is 311 g/mol. The number of hydrogen-bond acceptors (Lipinski definition) is 4. The van der Waals surface area contributed by atoms with E-state index in [4.69, 9.17) is 9.47 Å². The fourth-order valence-corrected chi connectivity index (χ4v) is 2.60. The van der Waals surface area contributed by atoms with E-state index in [1.807, 2.05) is 0 Å². The first kappa shape index (κ1) is 18.7. The van der Waals surface area contributed by atoms with E-state index in [9.17, 15) is 9.18 Å². The average molecular weight is 333 g/mol. The lowest BCUT2D eigenvalue weighted by Gasteiger charge is -2.35. The fraction of sp³-hybridized carbons (Fsp3) is 0.533. The van der Waals surface area contributed by atoms with Gasteiger partial charge in [-0.15, -0.1) is 12.4 Å². The van der Waals surface area contributed by atoms with Gasteiger partial charge < -0.3 is 20.1 Å². The van der Waals surface area contributed by atoms with Crippen molar-refractivity contribution in [1.29, 1.82) is 0 Å². The summed E-state index contributed by atoms with van der Waals surface area (Å²) in [6, 6.07) is 4.27. The molecule has 1 aromatic carbocycles. The molecule has 0 radical (unpaired) electrons. The third-order valence-corrected chi connectivity index (χ3v) is 3.88. The maximum Gasteiger partial charge on any atom is 0.233 e. The summed E-state index contributed by atoms with van der Waals surface area (Å²) in [6.07, 6.45) is 1.33. The summed E-state index contributed by atoms with van der Waals surface area (Å²) >= 11 is 0. The Kier molecular flexibility index (Phi) is 7.06. The molecule has 0 atom stereocenters. The lowest BCUT2D eigenvalue weighted by atomic mass is 9.78. The molecule has 0 unspecified atom stereocenters. The summed E-state index contributed by atoms with van der Waals surface area (Å²) < 4.78 is 24.1. The van der Waals surface area contributed by atoms with Gasteiger partial charge in [0.25, 0.3) is 0 Å². The topological polar surface area (TPSA) is 59.6 Å². The van der Waals surface area contributed by atoms with Gasteiger partial charge in [0.15, 0.2) is 0 Å². The number of nitrogens with one attached hydrogen (secondary N) is 2. The molecule has 2 rings (SSSR count). The normalized spacial score (nSPS) is 16.5. The molecule has 0 aromatic heterocycles. The molecule has 1 aliphatic heterocycles. The fourth-order valence-electron chi connectivity index (χ4n) is 2.60. The highest BCUT2D eigenvalue weighted by molar-refractivity contribution is 5.95. The second kappa shape index (κ2) is 8.31. The summed E-state index contributed by atoms with van der Waals surface area (Å²) in [7, 11) is 3.07. The summed E-state index contributed by atoms with van der Waals surface area (Å²) in [4.78, 5) is 12.6. The lowest BCUT2D eigenvalue weighted by Crippen LogP contribution is -2.47. The molecule has 2 N–H and O–H groups in total. The van der Waals surface area contributed by atoms with Crippen LogP contribution in [0.1, 0.15) is 12.8 Å². The smallest absolute Gasteiger partial charge is 0.233 e. The number of anilines is 1. The van der Waals surface area contributed by atoms with Crippen molar-refractivity contribution < 1.29 is 18.7 Å². The lowest BCUT2D eigenvalue weighted by molar-refractivity contribution is -0.130. The van der Waals surface area contributed by atoms with Crippen LogP contribution in [-0.2, 0) is 9.53 Å². The molecule has 0 aliphatic carbocycles. The molecule has 0 bridgehead atoms. The summed E-state index contributed by atoms with van der Waals surface area (Å²) in [5.41, 5.74) is -0.483. The minimum Gasteiger partial charge on any atom is -0.497 e. The largest absolute Gasteiger partial charge is 0.497 e. The molecule has 0 spiro atoms. The predicted molar refractivity (Wildman–Crippen MR) is 85.2 cm³/mol. The molecule has 22 heavy (non-hydrogen) atoms. The Balaban J connectivity index is 0.00000242. The van der Waals surface area contributed by atoms with Crippen LogP contribution < -0.4 is 15.4 Å². The van der Waals surface area contributed by atoms with Crippen LogP contribution in [-0.4, -0.2) is 39.8 Å². The highest BCUT2D eigenvalue weighted by Crippen LogP contribution is 2.32. The van der Waals surface area contributed by atoms with Crippen molar-refractivity contribution in [3.05, 3.63) is 24.0 Å². The molecule has 0 saturated carbocycles. The van der Waals surface area contributed by atoms with Gasteiger partial charge in [0.2, 0.25) is 5.91 Å². The van der Waals surface area contributed by atoms with Crippen LogP contribution in [0.4, 0.5) is 10.1 Å². The Morgan fingerprint density at radius 2 is 2.05 bits per heavy atom. The first-order chi connectivity index (χ1) is 10.1. The quantitative estimate of drug-likeness (QED) is 0.868. The number of halogens is 2. The molecule has 1 aliphatic rings. The average Bonchev–Trinajstić information content (AvgIpc) is 2.50. The number of piperidine rings is 1. The molecule has 1 amide bonds. The van der Waals surface area contributed by atoms with E-state index in [2.05, 4.69) is 10.6 Å². The van der Waals surface area contributed by atoms with Crippen molar-refractivity contribution in [3.63, 3.8) is 0 Å². The number of rotatable bonds is 5. The SMILES string of the molecule is COCC1(C(=O)Nc2cc(OC)ccc2F)CCNCC1.Cl. The molecule has 5 nitrogen and oxygen atoms in total. The number of carbonyl (C=O) groups excluding carboxylic acids is 1. The Morgan fingerprint density at radius 1 is 1.36 bits per heavy atom. The van der Waals surface area contributed by atoms with E-state index in [1.165, 1.54) is 25.3 Å². The molecule has 1 aromatic rings. The zero-order chi connectivity index (χ0) is 15.3. The van der Waals surface area contributed by atoms with Gasteiger partial charge in [-0.1, -0.05) is 0 Å². The zero-order valence-corrected chi connectivity index (χ0v) is 13.6. The third-order valence-electron chi connectivity index (χ3n) is 3.88. The number of benzene rings is 1. The van der Waals surface area contributed by atoms with E-state index in [-0.39, 0.29) is 24.0 Å². The molecule has 1 heterocycles. The van der Waals surface area contributed by atoms with Crippen molar-refractivity contribution in [3.8, 4) is 5.75 Å². The molecule has 124 valence electrons. The minimum atomic E-state index is -0.616. The van der Waals surface area contributed by atoms with Crippen LogP contribution in [0.3, 0.4) is 0 Å². The summed E-state index contributed by atoms with van der Waals surface area (Å²) in [5, 5.41) is 5.90. The van der Waals surface area contributed by atoms with Gasteiger partial charge in [-0.25, -0.2) is 4.39 Å². The maximum atomic E-state index is 13.8.